The molecule has 0 saturated carbocycles. The van der Waals surface area contributed by atoms with Crippen LogP contribution in [0.2, 0.25) is 0 Å². The average molecular weight is 484 g/mol. The van der Waals surface area contributed by atoms with Gasteiger partial charge in [-0.3, -0.25) is 4.18 Å². The molecule has 8 heteroatoms. The molecule has 0 aromatic heterocycles. The second-order valence-corrected chi connectivity index (χ2v) is 9.80. The fraction of sp³-hybridized carbons (Fsp3) is 1.00. The van der Waals surface area contributed by atoms with Crippen molar-refractivity contribution in [2.24, 2.45) is 0 Å². The zero-order valence-corrected chi connectivity index (χ0v) is 22.0. The van der Waals surface area contributed by atoms with Gasteiger partial charge in [0.1, 0.15) is 13.1 Å². The van der Waals surface area contributed by atoms with Crippen LogP contribution in [0.25, 0.3) is 0 Å². The molecule has 196 valence electrons. The highest BCUT2D eigenvalue weighted by Crippen LogP contribution is 2.14. The van der Waals surface area contributed by atoms with Gasteiger partial charge in [-0.25, -0.2) is 8.42 Å². The Morgan fingerprint density at radius 3 is 1.16 bits per heavy atom. The standard InChI is InChI=1S/C22H48NO2.C2H6O4S/c1-3-5-6-7-8-9-10-11-12-13-14-15-16-17-18-19-20-21-22-23(24,25)4-2;1-2-6-7(3,4)5/h24-25H,3-22H2,1-2H3;2H2,1H3,(H,3,4,5)/q+1;/p-1. The molecular formula is C24H53NO6S. The van der Waals surface area contributed by atoms with Crippen LogP contribution in [-0.2, 0) is 14.6 Å². The molecule has 0 unspecified atom stereocenters. The van der Waals surface area contributed by atoms with Gasteiger partial charge in [0.15, 0.2) is 0 Å². The highest BCUT2D eigenvalue weighted by Gasteiger charge is 2.17. The highest BCUT2D eigenvalue weighted by atomic mass is 32.3. The van der Waals surface area contributed by atoms with E-state index in [4.69, 9.17) is 0 Å². The maximum atomic E-state index is 9.45. The Labute approximate surface area is 199 Å². The molecule has 0 bridgehead atoms. The molecule has 2 N–H and O–H groups in total. The van der Waals surface area contributed by atoms with E-state index in [-0.39, 0.29) is 6.61 Å². The highest BCUT2D eigenvalue weighted by molar-refractivity contribution is 7.80. The third-order valence-electron chi connectivity index (χ3n) is 5.64. The summed E-state index contributed by atoms with van der Waals surface area (Å²) < 4.78 is 32.0. The van der Waals surface area contributed by atoms with Gasteiger partial charge < -0.3 is 4.55 Å². The Morgan fingerprint density at radius 2 is 0.938 bits per heavy atom. The minimum absolute atomic E-state index is 0.0914. The molecule has 0 spiro atoms. The van der Waals surface area contributed by atoms with E-state index in [2.05, 4.69) is 11.1 Å². The molecule has 0 saturated heterocycles. The van der Waals surface area contributed by atoms with E-state index in [1.54, 1.807) is 6.92 Å². The summed E-state index contributed by atoms with van der Waals surface area (Å²) >= 11 is 0. The second-order valence-electron chi connectivity index (χ2n) is 8.74. The van der Waals surface area contributed by atoms with Crippen molar-refractivity contribution in [2.45, 2.75) is 136 Å². The van der Waals surface area contributed by atoms with Crippen molar-refractivity contribution in [1.82, 2.24) is 0 Å². The van der Waals surface area contributed by atoms with Crippen LogP contribution in [-0.4, -0.2) is 47.9 Å². The molecule has 32 heavy (non-hydrogen) atoms. The van der Waals surface area contributed by atoms with Gasteiger partial charge in [-0.2, -0.15) is 10.4 Å². The molecule has 0 aliphatic carbocycles. The topological polar surface area (TPSA) is 107 Å². The molecule has 0 aromatic rings. The Kier molecular flexibility index (Phi) is 25.3. The number of quaternary nitrogens is 1. The molecular weight excluding hydrogens is 430 g/mol. The lowest BCUT2D eigenvalue weighted by molar-refractivity contribution is -1.24. The number of hydroxylamine groups is 4. The van der Waals surface area contributed by atoms with Crippen LogP contribution in [0.3, 0.4) is 0 Å². The third-order valence-corrected chi connectivity index (χ3v) is 6.16. The summed E-state index contributed by atoms with van der Waals surface area (Å²) in [5.41, 5.74) is 0. The van der Waals surface area contributed by atoms with Crippen LogP contribution >= 0.6 is 0 Å². The van der Waals surface area contributed by atoms with E-state index >= 15 is 0 Å². The Balaban J connectivity index is 0. The molecule has 0 radical (unpaired) electrons. The van der Waals surface area contributed by atoms with E-state index in [0.29, 0.717) is 13.1 Å². The van der Waals surface area contributed by atoms with Gasteiger partial charge in [0.2, 0.25) is 10.4 Å². The van der Waals surface area contributed by atoms with Crippen molar-refractivity contribution >= 4 is 10.4 Å². The van der Waals surface area contributed by atoms with Gasteiger partial charge in [0.05, 0.1) is 6.61 Å². The fourth-order valence-corrected chi connectivity index (χ4v) is 3.86. The number of hydrogen-bond acceptors (Lipinski definition) is 6. The predicted octanol–water partition coefficient (Wildman–Crippen LogP) is 7.13. The monoisotopic (exact) mass is 483 g/mol. The third kappa shape index (κ3) is 31.9. The van der Waals surface area contributed by atoms with Crippen molar-refractivity contribution in [3.63, 3.8) is 0 Å². The van der Waals surface area contributed by atoms with Gasteiger partial charge in [0.25, 0.3) is 0 Å². The molecule has 0 aliphatic heterocycles. The maximum Gasteiger partial charge on any atom is 0.217 e. The smallest absolute Gasteiger partial charge is 0.217 e. The van der Waals surface area contributed by atoms with Crippen LogP contribution in [0.4, 0.5) is 0 Å². The molecule has 0 amide bonds. The molecule has 0 atom stereocenters. The average Bonchev–Trinajstić information content (AvgIpc) is 2.72. The molecule has 0 aliphatic rings. The first kappa shape index (κ1) is 33.9. The summed E-state index contributed by atoms with van der Waals surface area (Å²) in [6.07, 6.45) is 24.5. The number of hydrogen-bond donors (Lipinski definition) is 2. The van der Waals surface area contributed by atoms with Crippen LogP contribution < -0.4 is 0 Å². The minimum atomic E-state index is -4.42. The summed E-state index contributed by atoms with van der Waals surface area (Å²) in [4.78, 5) is -0.807. The maximum absolute atomic E-state index is 9.45. The van der Waals surface area contributed by atoms with E-state index < -0.39 is 15.2 Å². The quantitative estimate of drug-likeness (QED) is 0.0558. The number of nitrogens with zero attached hydrogens (tertiary/aromatic N) is 1. The molecule has 0 aromatic carbocycles. The normalized spacial score (nSPS) is 11.9. The molecule has 0 rings (SSSR count). The Morgan fingerprint density at radius 1 is 0.625 bits per heavy atom. The number of unbranched alkanes of at least 4 members (excludes halogenated alkanes) is 17. The van der Waals surface area contributed by atoms with Gasteiger partial charge in [0, 0.05) is 6.42 Å². The van der Waals surface area contributed by atoms with Crippen LogP contribution in [0, 0.1) is 0 Å². The zero-order chi connectivity index (χ0) is 24.6. The van der Waals surface area contributed by atoms with E-state index in [1.165, 1.54) is 110 Å². The lowest BCUT2D eigenvalue weighted by atomic mass is 10.0. The van der Waals surface area contributed by atoms with E-state index in [9.17, 15) is 23.4 Å². The summed E-state index contributed by atoms with van der Waals surface area (Å²) in [6.45, 7) is 6.26. The van der Waals surface area contributed by atoms with Crippen molar-refractivity contribution in [1.29, 1.82) is 0 Å². The van der Waals surface area contributed by atoms with E-state index in [1.807, 2.05) is 0 Å². The van der Waals surface area contributed by atoms with Crippen molar-refractivity contribution in [3.8, 4) is 0 Å². The van der Waals surface area contributed by atoms with Gasteiger partial charge in [-0.15, -0.1) is 0 Å². The minimum Gasteiger partial charge on any atom is -0.726 e. The summed E-state index contributed by atoms with van der Waals surface area (Å²) in [5, 5.41) is 18.9. The lowest BCUT2D eigenvalue weighted by Gasteiger charge is -2.18. The van der Waals surface area contributed by atoms with Gasteiger partial charge in [-0.05, 0) is 25.1 Å². The Bertz CT molecular complexity index is 471. The lowest BCUT2D eigenvalue weighted by Crippen LogP contribution is -2.41. The second kappa shape index (κ2) is 23.9. The first-order chi connectivity index (χ1) is 15.2. The first-order valence-electron chi connectivity index (χ1n) is 13.1. The Hall–Kier alpha value is -0.250. The van der Waals surface area contributed by atoms with Crippen LogP contribution in [0.15, 0.2) is 0 Å². The van der Waals surface area contributed by atoms with Crippen molar-refractivity contribution in [3.05, 3.63) is 0 Å². The summed E-state index contributed by atoms with van der Waals surface area (Å²) in [6, 6.07) is 0. The largest absolute Gasteiger partial charge is 0.726 e. The molecule has 7 nitrogen and oxygen atoms in total. The fourth-order valence-electron chi connectivity index (χ4n) is 3.57. The van der Waals surface area contributed by atoms with Gasteiger partial charge >= 0.3 is 0 Å². The molecule has 0 heterocycles. The van der Waals surface area contributed by atoms with Crippen LogP contribution in [0.5, 0.6) is 0 Å². The first-order valence-corrected chi connectivity index (χ1v) is 14.4. The number of rotatable bonds is 22. The predicted molar refractivity (Wildman–Crippen MR) is 129 cm³/mol. The van der Waals surface area contributed by atoms with Crippen molar-refractivity contribution in [2.75, 3.05) is 19.7 Å². The summed E-state index contributed by atoms with van der Waals surface area (Å²) in [5.74, 6) is 0. The van der Waals surface area contributed by atoms with Crippen LogP contribution in [0.1, 0.15) is 136 Å². The summed E-state index contributed by atoms with van der Waals surface area (Å²) in [7, 11) is -4.42. The van der Waals surface area contributed by atoms with E-state index in [0.717, 1.165) is 12.8 Å². The zero-order valence-electron chi connectivity index (χ0n) is 21.2. The SMILES string of the molecule is CCCCCCCCCCCCCCCCCCCC[N+](O)(O)CC.CCOS(=O)(=O)[O-]. The van der Waals surface area contributed by atoms with Crippen molar-refractivity contribution < 1.29 is 32.4 Å². The molecule has 0 fully saturated rings. The van der Waals surface area contributed by atoms with Gasteiger partial charge in [-0.1, -0.05) is 110 Å².